The molecule has 1 unspecified atom stereocenters. The molecule has 226 valence electrons. The molecule has 0 aliphatic carbocycles. The third-order valence-corrected chi connectivity index (χ3v) is 7.48. The number of benzene rings is 1. The van der Waals surface area contributed by atoms with Crippen LogP contribution in [0.5, 0.6) is 0 Å². The van der Waals surface area contributed by atoms with Crippen molar-refractivity contribution in [2.24, 2.45) is 5.41 Å². The standard InChI is InChI=1S/C31H35N5O7/c1-8-30(7)22(16-41-31(19(5)37,29(39)40-9-2)15-21-13-11-10-12-14-21)43-28(24(30)42-20(6)38)36-17-33-23-25(32)34-26(18(3)4)35-27(23)36/h1,10-14,17,22,24,28H,3,9,15-16H2,2,4-7H3,(H2,32,34,35)/t22-,24+,28-,30+,31?/m1/s1. The number of ketones is 1. The highest BCUT2D eigenvalue weighted by atomic mass is 16.6. The van der Waals surface area contributed by atoms with Crippen molar-refractivity contribution in [2.75, 3.05) is 18.9 Å². The molecule has 0 amide bonds. The van der Waals surface area contributed by atoms with E-state index < -0.39 is 47.2 Å². The number of nitrogens with zero attached hydrogens (tertiary/aromatic N) is 4. The number of nitrogen functional groups attached to an aromatic ring is 1. The normalized spacial score (nSPS) is 22.8. The van der Waals surface area contributed by atoms with Crippen LogP contribution in [-0.2, 0) is 39.8 Å². The van der Waals surface area contributed by atoms with E-state index in [0.29, 0.717) is 28.1 Å². The first-order valence-electron chi connectivity index (χ1n) is 13.7. The van der Waals surface area contributed by atoms with E-state index in [4.69, 9.17) is 31.1 Å². The lowest BCUT2D eigenvalue weighted by Crippen LogP contribution is -2.53. The quantitative estimate of drug-likeness (QED) is 0.199. The number of fused-ring (bicyclic) bond motifs is 1. The first-order valence-corrected chi connectivity index (χ1v) is 13.7. The number of ether oxygens (including phenoxy) is 4. The van der Waals surface area contributed by atoms with Crippen molar-refractivity contribution in [3.63, 3.8) is 0 Å². The minimum Gasteiger partial charge on any atom is -0.463 e. The fourth-order valence-corrected chi connectivity index (χ4v) is 5.04. The molecule has 4 rings (SSSR count). The fraction of sp³-hybridized carbons (Fsp3) is 0.419. The molecule has 5 atom stereocenters. The molecule has 1 aliphatic heterocycles. The first-order chi connectivity index (χ1) is 20.4. The molecule has 0 saturated carbocycles. The van der Waals surface area contributed by atoms with Gasteiger partial charge in [-0.3, -0.25) is 14.2 Å². The number of hydrogen-bond acceptors (Lipinski definition) is 11. The number of carbonyl (C=O) groups is 3. The maximum Gasteiger partial charge on any atom is 0.346 e. The zero-order chi connectivity index (χ0) is 31.5. The summed E-state index contributed by atoms with van der Waals surface area (Å²) in [6, 6.07) is 8.96. The van der Waals surface area contributed by atoms with Gasteiger partial charge in [-0.2, -0.15) is 0 Å². The van der Waals surface area contributed by atoms with Crippen LogP contribution in [0.1, 0.15) is 52.2 Å². The predicted molar refractivity (Wildman–Crippen MR) is 157 cm³/mol. The molecular weight excluding hydrogens is 554 g/mol. The van der Waals surface area contributed by atoms with Crippen molar-refractivity contribution >= 4 is 40.3 Å². The lowest BCUT2D eigenvalue weighted by Gasteiger charge is -2.33. The number of imidazole rings is 1. The summed E-state index contributed by atoms with van der Waals surface area (Å²) >= 11 is 0. The number of terminal acetylenes is 1. The molecule has 1 fully saturated rings. The van der Waals surface area contributed by atoms with Crippen molar-refractivity contribution in [1.82, 2.24) is 19.5 Å². The van der Waals surface area contributed by atoms with E-state index in [1.165, 1.54) is 20.2 Å². The van der Waals surface area contributed by atoms with Gasteiger partial charge in [0.05, 0.1) is 25.0 Å². The Hall–Kier alpha value is -4.60. The Morgan fingerprint density at radius 1 is 1.21 bits per heavy atom. The summed E-state index contributed by atoms with van der Waals surface area (Å²) in [6.45, 7) is 11.2. The van der Waals surface area contributed by atoms with Crippen molar-refractivity contribution in [3.8, 4) is 12.3 Å². The summed E-state index contributed by atoms with van der Waals surface area (Å²) in [7, 11) is 0. The van der Waals surface area contributed by atoms with Crippen molar-refractivity contribution < 1.29 is 33.3 Å². The Kier molecular flexibility index (Phi) is 8.98. The molecule has 0 bridgehead atoms. The predicted octanol–water partition coefficient (Wildman–Crippen LogP) is 3.06. The average molecular weight is 590 g/mol. The Bertz CT molecular complexity index is 1600. The maximum absolute atomic E-state index is 13.3. The number of Topliss-reactive ketones (excluding diaryl/α,β-unsaturated/α-hetero) is 1. The molecule has 2 N–H and O–H groups in total. The number of rotatable bonds is 11. The van der Waals surface area contributed by atoms with E-state index in [2.05, 4.69) is 27.5 Å². The van der Waals surface area contributed by atoms with Gasteiger partial charge in [0.25, 0.3) is 0 Å². The molecule has 1 saturated heterocycles. The smallest absolute Gasteiger partial charge is 0.346 e. The van der Waals surface area contributed by atoms with Gasteiger partial charge in [0.1, 0.15) is 11.6 Å². The lowest BCUT2D eigenvalue weighted by molar-refractivity contribution is -0.182. The molecule has 43 heavy (non-hydrogen) atoms. The van der Waals surface area contributed by atoms with Gasteiger partial charge in [-0.25, -0.2) is 19.7 Å². The van der Waals surface area contributed by atoms with Gasteiger partial charge in [-0.05, 0) is 38.8 Å². The molecule has 2 aromatic heterocycles. The molecule has 1 aromatic carbocycles. The monoisotopic (exact) mass is 589 g/mol. The van der Waals surface area contributed by atoms with Crippen LogP contribution in [0, 0.1) is 17.8 Å². The van der Waals surface area contributed by atoms with Gasteiger partial charge in [0.15, 0.2) is 35.4 Å². The summed E-state index contributed by atoms with van der Waals surface area (Å²) in [5.41, 5.74) is 4.75. The van der Waals surface area contributed by atoms with Crippen LogP contribution in [0.4, 0.5) is 5.82 Å². The third-order valence-electron chi connectivity index (χ3n) is 7.48. The van der Waals surface area contributed by atoms with Crippen molar-refractivity contribution in [2.45, 2.75) is 65.1 Å². The van der Waals surface area contributed by atoms with E-state index in [9.17, 15) is 14.4 Å². The van der Waals surface area contributed by atoms with Gasteiger partial charge in [0.2, 0.25) is 5.60 Å². The summed E-state index contributed by atoms with van der Waals surface area (Å²) in [5, 5.41) is 0. The van der Waals surface area contributed by atoms with E-state index in [-0.39, 0.29) is 25.5 Å². The van der Waals surface area contributed by atoms with E-state index >= 15 is 0 Å². The molecule has 0 radical (unpaired) electrons. The average Bonchev–Trinajstić information content (AvgIpc) is 3.50. The Morgan fingerprint density at radius 3 is 2.49 bits per heavy atom. The van der Waals surface area contributed by atoms with Gasteiger partial charge >= 0.3 is 11.9 Å². The Labute approximate surface area is 249 Å². The number of carbonyl (C=O) groups excluding carboxylic acids is 3. The minimum absolute atomic E-state index is 0.0372. The molecule has 1 aliphatic rings. The Balaban J connectivity index is 1.76. The molecule has 0 spiro atoms. The molecular formula is C31H35N5O7. The van der Waals surface area contributed by atoms with Crippen molar-refractivity contribution in [1.29, 1.82) is 0 Å². The third kappa shape index (κ3) is 5.86. The number of esters is 2. The van der Waals surface area contributed by atoms with Gasteiger partial charge in [-0.1, -0.05) is 42.8 Å². The van der Waals surface area contributed by atoms with E-state index in [1.807, 2.05) is 6.07 Å². The summed E-state index contributed by atoms with van der Waals surface area (Å²) < 4.78 is 25.2. The SMILES string of the molecule is C#C[C@@]1(C)[C@@H](COC(Cc2ccccc2)(C(C)=O)C(=O)OCC)O[C@@H](n2cnc3c(N)nc(C(=C)C)nc32)[C@@H]1OC(C)=O. The van der Waals surface area contributed by atoms with Crippen LogP contribution in [0.25, 0.3) is 16.7 Å². The minimum atomic E-state index is -1.98. The van der Waals surface area contributed by atoms with Crippen LogP contribution in [-0.4, -0.2) is 68.3 Å². The summed E-state index contributed by atoms with van der Waals surface area (Å²) in [4.78, 5) is 51.9. The lowest BCUT2D eigenvalue weighted by atomic mass is 9.81. The second-order valence-electron chi connectivity index (χ2n) is 10.6. The number of hydrogen-bond donors (Lipinski definition) is 1. The number of nitrogens with two attached hydrogens (primary N) is 1. The van der Waals surface area contributed by atoms with Gasteiger partial charge in [0, 0.05) is 13.3 Å². The molecule has 3 heterocycles. The van der Waals surface area contributed by atoms with Crippen LogP contribution in [0.15, 0.2) is 43.2 Å². The van der Waals surface area contributed by atoms with Crippen LogP contribution in [0.2, 0.25) is 0 Å². The topological polar surface area (TPSA) is 158 Å². The Morgan fingerprint density at radius 2 is 1.91 bits per heavy atom. The van der Waals surface area contributed by atoms with Gasteiger partial charge < -0.3 is 24.7 Å². The largest absolute Gasteiger partial charge is 0.463 e. The first kappa shape index (κ1) is 31.3. The number of anilines is 1. The highest BCUT2D eigenvalue weighted by Crippen LogP contribution is 2.46. The van der Waals surface area contributed by atoms with Crippen LogP contribution >= 0.6 is 0 Å². The van der Waals surface area contributed by atoms with E-state index in [0.717, 1.165) is 0 Å². The summed E-state index contributed by atoms with van der Waals surface area (Å²) in [6.07, 6.45) is 4.37. The molecule has 12 heteroatoms. The van der Waals surface area contributed by atoms with Crippen LogP contribution < -0.4 is 5.73 Å². The second kappa shape index (κ2) is 12.3. The zero-order valence-electron chi connectivity index (χ0n) is 24.8. The van der Waals surface area contributed by atoms with Gasteiger partial charge in [-0.15, -0.1) is 6.42 Å². The van der Waals surface area contributed by atoms with Crippen LogP contribution in [0.3, 0.4) is 0 Å². The molecule has 12 nitrogen and oxygen atoms in total. The highest BCUT2D eigenvalue weighted by Gasteiger charge is 2.58. The van der Waals surface area contributed by atoms with E-state index in [1.54, 1.807) is 49.6 Å². The summed E-state index contributed by atoms with van der Waals surface area (Å²) in [5.74, 6) is 1.15. The highest BCUT2D eigenvalue weighted by molar-refractivity contribution is 6.06. The zero-order valence-corrected chi connectivity index (χ0v) is 24.8. The second-order valence-corrected chi connectivity index (χ2v) is 10.6. The number of allylic oxidation sites excluding steroid dienone is 1. The molecule has 3 aromatic rings. The number of aromatic nitrogens is 4. The fourth-order valence-electron chi connectivity index (χ4n) is 5.04. The van der Waals surface area contributed by atoms with Crippen molar-refractivity contribution in [3.05, 3.63) is 54.6 Å². The maximum atomic E-state index is 13.3.